The Balaban J connectivity index is 1.69. The first-order valence-corrected chi connectivity index (χ1v) is 10.7. The predicted octanol–water partition coefficient (Wildman–Crippen LogP) is 2.74. The van der Waals surface area contributed by atoms with Gasteiger partial charge in [0.25, 0.3) is 5.91 Å². The predicted molar refractivity (Wildman–Crippen MR) is 121 cm³/mol. The summed E-state index contributed by atoms with van der Waals surface area (Å²) in [5.74, 6) is -1.41. The van der Waals surface area contributed by atoms with Crippen molar-refractivity contribution in [1.82, 2.24) is 14.8 Å². The fraction of sp³-hybridized carbons (Fsp3) is 0.409. The first-order valence-electron chi connectivity index (χ1n) is 10.7. The maximum absolute atomic E-state index is 15.6. The van der Waals surface area contributed by atoms with Gasteiger partial charge in [-0.2, -0.15) is 5.10 Å². The van der Waals surface area contributed by atoms with E-state index >= 15 is 4.39 Å². The molecule has 0 unspecified atom stereocenters. The maximum Gasteiger partial charge on any atom is 0.252 e. The number of aromatic nitrogens is 3. The van der Waals surface area contributed by atoms with Crippen molar-refractivity contribution in [1.29, 1.82) is 0 Å². The number of benzene rings is 1. The lowest BCUT2D eigenvalue weighted by atomic mass is 9.91. The molecule has 0 bridgehead atoms. The van der Waals surface area contributed by atoms with Crippen molar-refractivity contribution >= 4 is 34.0 Å². The normalized spacial score (nSPS) is 18.6. The van der Waals surface area contributed by atoms with Crippen LogP contribution in [0.5, 0.6) is 0 Å². The topological polar surface area (TPSA) is 133 Å². The molecule has 170 valence electrons. The highest BCUT2D eigenvalue weighted by Gasteiger charge is 2.25. The Labute approximate surface area is 185 Å². The maximum atomic E-state index is 15.6. The lowest BCUT2D eigenvalue weighted by Crippen LogP contribution is -2.43. The molecule has 3 aromatic rings. The molecule has 2 atom stereocenters. The zero-order chi connectivity index (χ0) is 22.7. The molecule has 1 aliphatic rings. The molecule has 0 radical (unpaired) electrons. The number of nitrogens with two attached hydrogens (primary N) is 2. The van der Waals surface area contributed by atoms with Gasteiger partial charge in [0.15, 0.2) is 11.6 Å². The fourth-order valence-corrected chi connectivity index (χ4v) is 4.05. The lowest BCUT2D eigenvalue weighted by Gasteiger charge is -2.30. The molecule has 9 nitrogen and oxygen atoms in total. The summed E-state index contributed by atoms with van der Waals surface area (Å²) in [5.41, 5.74) is 13.0. The van der Waals surface area contributed by atoms with E-state index in [-0.39, 0.29) is 29.2 Å². The first kappa shape index (κ1) is 22.0. The summed E-state index contributed by atoms with van der Waals surface area (Å²) in [7, 11) is 1.62. The van der Waals surface area contributed by atoms with Crippen molar-refractivity contribution in [2.75, 3.05) is 24.4 Å². The van der Waals surface area contributed by atoms with E-state index in [4.69, 9.17) is 16.2 Å². The number of hydrogen-bond acceptors (Lipinski definition) is 7. The highest BCUT2D eigenvalue weighted by Crippen LogP contribution is 2.32. The number of pyridine rings is 1. The first-order chi connectivity index (χ1) is 15.5. The molecule has 1 fully saturated rings. The minimum atomic E-state index is -0.775. The van der Waals surface area contributed by atoms with E-state index < -0.39 is 11.7 Å². The zero-order valence-corrected chi connectivity index (χ0v) is 18.0. The molecule has 4 rings (SSSR count). The highest BCUT2D eigenvalue weighted by atomic mass is 19.1. The van der Waals surface area contributed by atoms with E-state index in [9.17, 15) is 4.79 Å². The van der Waals surface area contributed by atoms with Gasteiger partial charge >= 0.3 is 0 Å². The van der Waals surface area contributed by atoms with Crippen molar-refractivity contribution in [2.24, 2.45) is 11.5 Å². The minimum absolute atomic E-state index is 0.0310. The summed E-state index contributed by atoms with van der Waals surface area (Å²) in [6.07, 6.45) is 6.92. The Kier molecular flexibility index (Phi) is 6.52. The minimum Gasteiger partial charge on any atom is -0.383 e. The van der Waals surface area contributed by atoms with Crippen LogP contribution < -0.4 is 22.1 Å². The van der Waals surface area contributed by atoms with Gasteiger partial charge in [-0.25, -0.2) is 9.37 Å². The van der Waals surface area contributed by atoms with Crippen LogP contribution in [0.1, 0.15) is 36.0 Å². The smallest absolute Gasteiger partial charge is 0.252 e. The molecule has 0 saturated heterocycles. The third-order valence-electron chi connectivity index (χ3n) is 5.81. The second kappa shape index (κ2) is 9.49. The van der Waals surface area contributed by atoms with Gasteiger partial charge in [-0.3, -0.25) is 9.48 Å². The van der Waals surface area contributed by atoms with Gasteiger partial charge in [-0.05, 0) is 25.0 Å². The molecule has 1 aliphatic carbocycles. The van der Waals surface area contributed by atoms with Crippen molar-refractivity contribution in [3.8, 4) is 0 Å². The quantitative estimate of drug-likeness (QED) is 0.422. The number of carbonyl (C=O) groups excluding carboxylic acids is 1. The number of nitrogens with one attached hydrogen (secondary N) is 2. The lowest BCUT2D eigenvalue weighted by molar-refractivity contribution is 0.100. The number of amides is 1. The summed E-state index contributed by atoms with van der Waals surface area (Å²) in [6, 6.07) is 5.30. The number of rotatable bonds is 8. The summed E-state index contributed by atoms with van der Waals surface area (Å²) in [4.78, 5) is 16.1. The van der Waals surface area contributed by atoms with Crippen LogP contribution >= 0.6 is 0 Å². The van der Waals surface area contributed by atoms with E-state index in [1.54, 1.807) is 17.9 Å². The number of fused-ring (bicyclic) bond motifs is 1. The number of halogens is 1. The van der Waals surface area contributed by atoms with Gasteiger partial charge < -0.3 is 26.8 Å². The Morgan fingerprint density at radius 3 is 2.91 bits per heavy atom. The third-order valence-corrected chi connectivity index (χ3v) is 5.81. The molecular weight excluding hydrogens is 413 g/mol. The summed E-state index contributed by atoms with van der Waals surface area (Å²) >= 11 is 0. The van der Waals surface area contributed by atoms with Crippen molar-refractivity contribution in [2.45, 2.75) is 44.3 Å². The molecule has 2 heterocycles. The monoisotopic (exact) mass is 441 g/mol. The van der Waals surface area contributed by atoms with E-state index in [0.717, 1.165) is 36.6 Å². The number of hydrogen-bond donors (Lipinski definition) is 4. The van der Waals surface area contributed by atoms with Crippen LogP contribution in [0.2, 0.25) is 0 Å². The molecule has 1 saturated carbocycles. The Bertz CT molecular complexity index is 1120. The van der Waals surface area contributed by atoms with E-state index in [1.807, 2.05) is 18.3 Å². The zero-order valence-electron chi connectivity index (χ0n) is 18.0. The SMILES string of the molecule is COCCn1cc2c(Nc3c(C(N)=O)cnc(N[C@@H]4CCCC[C@@H]4N)c3F)cccc2n1. The van der Waals surface area contributed by atoms with Crippen LogP contribution in [-0.4, -0.2) is 46.5 Å². The van der Waals surface area contributed by atoms with Gasteiger partial charge in [0.2, 0.25) is 0 Å². The van der Waals surface area contributed by atoms with Crippen molar-refractivity contribution < 1.29 is 13.9 Å². The Morgan fingerprint density at radius 1 is 1.34 bits per heavy atom. The summed E-state index contributed by atoms with van der Waals surface area (Å²) in [5, 5.41) is 11.5. The molecule has 0 aliphatic heterocycles. The van der Waals surface area contributed by atoms with Crippen LogP contribution in [0.4, 0.5) is 21.6 Å². The van der Waals surface area contributed by atoms with Gasteiger partial charge in [0, 0.05) is 42.7 Å². The molecule has 1 amide bonds. The number of methoxy groups -OCH3 is 1. The second-order valence-electron chi connectivity index (χ2n) is 8.02. The summed E-state index contributed by atoms with van der Waals surface area (Å²) in [6.45, 7) is 1.09. The van der Waals surface area contributed by atoms with E-state index in [0.29, 0.717) is 18.8 Å². The molecule has 2 aromatic heterocycles. The summed E-state index contributed by atoms with van der Waals surface area (Å²) < 4.78 is 22.4. The molecule has 0 spiro atoms. The molecule has 6 N–H and O–H groups in total. The Morgan fingerprint density at radius 2 is 2.16 bits per heavy atom. The van der Waals surface area contributed by atoms with Crippen LogP contribution in [0.15, 0.2) is 30.6 Å². The number of nitrogens with zero attached hydrogens (tertiary/aromatic N) is 3. The number of primary amides is 1. The van der Waals surface area contributed by atoms with Gasteiger partial charge in [0.05, 0.1) is 29.9 Å². The molecular formula is C22H28FN7O2. The average molecular weight is 442 g/mol. The number of carbonyl (C=O) groups is 1. The van der Waals surface area contributed by atoms with Crippen LogP contribution in [0.25, 0.3) is 10.9 Å². The van der Waals surface area contributed by atoms with Crippen LogP contribution in [0.3, 0.4) is 0 Å². The van der Waals surface area contributed by atoms with Gasteiger partial charge in [-0.1, -0.05) is 18.9 Å². The third kappa shape index (κ3) is 4.51. The number of ether oxygens (including phenoxy) is 1. The van der Waals surface area contributed by atoms with E-state index in [1.165, 1.54) is 6.20 Å². The average Bonchev–Trinajstić information content (AvgIpc) is 3.20. The highest BCUT2D eigenvalue weighted by molar-refractivity contribution is 6.01. The van der Waals surface area contributed by atoms with Crippen molar-refractivity contribution in [3.05, 3.63) is 42.0 Å². The molecule has 10 heteroatoms. The van der Waals surface area contributed by atoms with E-state index in [2.05, 4.69) is 20.7 Å². The molecule has 1 aromatic carbocycles. The molecule has 32 heavy (non-hydrogen) atoms. The second-order valence-corrected chi connectivity index (χ2v) is 8.02. The Hall–Kier alpha value is -3.24. The van der Waals surface area contributed by atoms with Crippen LogP contribution in [-0.2, 0) is 11.3 Å². The number of anilines is 3. The fourth-order valence-electron chi connectivity index (χ4n) is 4.05. The largest absolute Gasteiger partial charge is 0.383 e. The van der Waals surface area contributed by atoms with Crippen molar-refractivity contribution in [3.63, 3.8) is 0 Å². The standard InChI is InChI=1S/C22H28FN7O2/c1-32-10-9-30-12-14-16(7-4-8-17(14)29-30)27-20-13(21(25)31)11-26-22(19(20)23)28-18-6-3-2-5-15(18)24/h4,7-8,11-12,15,18H,2-3,5-6,9-10,24H2,1H3,(H2,25,31)(H2,26,27,28)/t15-,18+/m0/s1. The van der Waals surface area contributed by atoms with Gasteiger partial charge in [0.1, 0.15) is 0 Å². The van der Waals surface area contributed by atoms with Gasteiger partial charge in [-0.15, -0.1) is 0 Å². The van der Waals surface area contributed by atoms with Crippen LogP contribution in [0, 0.1) is 5.82 Å².